The maximum Gasteiger partial charge on any atom is 0.410 e. The molecule has 3 rings (SSSR count). The predicted octanol–water partition coefficient (Wildman–Crippen LogP) is 1.95. The van der Waals surface area contributed by atoms with Crippen molar-refractivity contribution < 1.29 is 43.0 Å². The molecule has 2 aromatic carbocycles. The van der Waals surface area contributed by atoms with E-state index in [1.807, 2.05) is 39.8 Å². The van der Waals surface area contributed by atoms with E-state index in [0.29, 0.717) is 59.8 Å². The zero-order valence-corrected chi connectivity index (χ0v) is 36.4. The molecule has 0 aliphatic carbocycles. The number of hydrogen-bond acceptors (Lipinski definition) is 13. The Balaban J connectivity index is 1.63. The summed E-state index contributed by atoms with van der Waals surface area (Å²) in [6.45, 7) is 8.69. The molecule has 0 bridgehead atoms. The maximum atomic E-state index is 13.6. The van der Waals surface area contributed by atoms with Crippen molar-refractivity contribution >= 4 is 53.8 Å². The van der Waals surface area contributed by atoms with Crippen LogP contribution in [0.15, 0.2) is 42.5 Å². The van der Waals surface area contributed by atoms with Crippen molar-refractivity contribution in [2.75, 3.05) is 84.3 Å². The number of hydrogen-bond donors (Lipinski definition) is 6. The quantitative estimate of drug-likeness (QED) is 0.0590. The molecule has 1 heterocycles. The highest BCUT2D eigenvalue weighted by Crippen LogP contribution is 2.23. The highest BCUT2D eigenvalue weighted by molar-refractivity contribution is 5.96. The summed E-state index contributed by atoms with van der Waals surface area (Å²) in [5, 5.41) is 16.6. The van der Waals surface area contributed by atoms with Crippen molar-refractivity contribution in [3.63, 3.8) is 0 Å². The maximum absolute atomic E-state index is 13.6. The fourth-order valence-electron chi connectivity index (χ4n) is 6.80. The van der Waals surface area contributed by atoms with E-state index in [-0.39, 0.29) is 63.7 Å². The first-order valence-electron chi connectivity index (χ1n) is 20.8. The molecular weight excluding hydrogens is 787 g/mol. The molecule has 2 atom stereocenters. The summed E-state index contributed by atoms with van der Waals surface area (Å²) >= 11 is 0. The van der Waals surface area contributed by atoms with Crippen LogP contribution in [0.2, 0.25) is 0 Å². The van der Waals surface area contributed by atoms with Crippen molar-refractivity contribution in [1.82, 2.24) is 36.0 Å². The number of likely N-dealkylation sites (N-methyl/N-ethyl adjacent to an activating group) is 1. The van der Waals surface area contributed by atoms with Crippen LogP contribution in [0.4, 0.5) is 16.2 Å². The molecule has 0 saturated carbocycles. The lowest BCUT2D eigenvalue weighted by Gasteiger charge is -2.31. The Morgan fingerprint density at radius 3 is 2.28 bits per heavy atom. The van der Waals surface area contributed by atoms with Crippen LogP contribution in [0.5, 0.6) is 0 Å². The molecule has 0 aromatic heterocycles. The molecule has 6 amide bonds. The Labute approximate surface area is 359 Å². The van der Waals surface area contributed by atoms with Crippen LogP contribution < -0.4 is 31.9 Å². The van der Waals surface area contributed by atoms with Crippen LogP contribution in [0.1, 0.15) is 67.9 Å². The van der Waals surface area contributed by atoms with Gasteiger partial charge in [-0.25, -0.2) is 4.79 Å². The first-order chi connectivity index (χ1) is 29.3. The second kappa shape index (κ2) is 26.8. The second-order valence-corrected chi connectivity index (χ2v) is 15.5. The number of nitrogens with zero attached hydrogens (tertiary/aromatic N) is 3. The molecule has 61 heavy (non-hydrogen) atoms. The van der Waals surface area contributed by atoms with Gasteiger partial charge in [-0.15, -0.1) is 0 Å². The van der Waals surface area contributed by atoms with E-state index in [4.69, 9.17) is 9.47 Å². The Morgan fingerprint density at radius 1 is 0.918 bits per heavy atom. The summed E-state index contributed by atoms with van der Waals surface area (Å²) in [7, 11) is 5.50. The van der Waals surface area contributed by atoms with Gasteiger partial charge in [0, 0.05) is 60.6 Å². The van der Waals surface area contributed by atoms with Gasteiger partial charge in [-0.1, -0.05) is 38.1 Å². The first-order valence-corrected chi connectivity index (χ1v) is 20.8. The first kappa shape index (κ1) is 50.1. The number of likely N-dealkylation sites (tertiary alicyclic amines) is 1. The topological polar surface area (TPSA) is 220 Å². The lowest BCUT2D eigenvalue weighted by atomic mass is 10.0. The van der Waals surface area contributed by atoms with Crippen molar-refractivity contribution in [3.8, 4) is 0 Å². The van der Waals surface area contributed by atoms with Crippen LogP contribution in [-0.4, -0.2) is 149 Å². The lowest BCUT2D eigenvalue weighted by Crippen LogP contribution is -2.47. The normalized spacial score (nSPS) is 14.2. The minimum Gasteiger partial charge on any atom is -0.445 e. The van der Waals surface area contributed by atoms with Gasteiger partial charge in [-0.3, -0.25) is 43.9 Å². The number of aldehydes is 1. The SMILES string of the molecule is CNC1CCN(CCOCCN(CC(=O)Nc2cccc(C=O)c2CN(C)C(C)CCC(=O)NC=O)C(=O)OCc2ccc(NC(=O)CNC(=O)C(NC)C(C)C)cc2)CC1. The monoisotopic (exact) mass is 851 g/mol. The second-order valence-electron chi connectivity index (χ2n) is 15.5. The Morgan fingerprint density at radius 2 is 1.64 bits per heavy atom. The molecule has 1 fully saturated rings. The van der Waals surface area contributed by atoms with Gasteiger partial charge >= 0.3 is 6.09 Å². The average molecular weight is 852 g/mol. The van der Waals surface area contributed by atoms with Crippen molar-refractivity contribution in [2.45, 2.75) is 77.7 Å². The molecule has 6 N–H and O–H groups in total. The molecule has 1 aliphatic rings. The number of rotatable bonds is 26. The molecule has 0 radical (unpaired) electrons. The summed E-state index contributed by atoms with van der Waals surface area (Å²) in [6, 6.07) is 11.6. The third-order valence-electron chi connectivity index (χ3n) is 10.7. The summed E-state index contributed by atoms with van der Waals surface area (Å²) in [5.41, 5.74) is 2.45. The van der Waals surface area contributed by atoms with Gasteiger partial charge in [0.2, 0.25) is 30.0 Å². The molecule has 1 aliphatic heterocycles. The summed E-state index contributed by atoms with van der Waals surface area (Å²) in [6.07, 6.45) is 3.03. The Hall–Kier alpha value is -5.27. The number of nitrogens with one attached hydrogen (secondary N) is 6. The lowest BCUT2D eigenvalue weighted by molar-refractivity contribution is -0.126. The van der Waals surface area contributed by atoms with Gasteiger partial charge in [-0.05, 0) is 90.1 Å². The van der Waals surface area contributed by atoms with Crippen molar-refractivity contribution in [1.29, 1.82) is 0 Å². The number of imide groups is 1. The fourth-order valence-corrected chi connectivity index (χ4v) is 6.80. The van der Waals surface area contributed by atoms with Crippen LogP contribution >= 0.6 is 0 Å². The van der Waals surface area contributed by atoms with Gasteiger partial charge in [0.15, 0.2) is 0 Å². The van der Waals surface area contributed by atoms with E-state index < -0.39 is 29.9 Å². The zero-order valence-electron chi connectivity index (χ0n) is 36.4. The van der Waals surface area contributed by atoms with Crippen molar-refractivity contribution in [3.05, 3.63) is 59.2 Å². The van der Waals surface area contributed by atoms with E-state index in [1.165, 1.54) is 4.90 Å². The van der Waals surface area contributed by atoms with Crippen LogP contribution in [0.25, 0.3) is 0 Å². The van der Waals surface area contributed by atoms with Crippen molar-refractivity contribution in [2.24, 2.45) is 5.92 Å². The van der Waals surface area contributed by atoms with Crippen LogP contribution in [-0.2, 0) is 46.6 Å². The summed E-state index contributed by atoms with van der Waals surface area (Å²) in [5.74, 6) is -1.53. The summed E-state index contributed by atoms with van der Waals surface area (Å²) < 4.78 is 11.6. The highest BCUT2D eigenvalue weighted by atomic mass is 16.6. The molecule has 2 aromatic rings. The number of piperidine rings is 1. The minimum absolute atomic E-state index is 0.0489. The van der Waals surface area contributed by atoms with E-state index in [0.717, 1.165) is 32.5 Å². The molecule has 1 saturated heterocycles. The van der Waals surface area contributed by atoms with Gasteiger partial charge < -0.3 is 41.0 Å². The van der Waals surface area contributed by atoms with Crippen LogP contribution in [0, 0.1) is 5.92 Å². The average Bonchev–Trinajstić information content (AvgIpc) is 3.24. The van der Waals surface area contributed by atoms with Gasteiger partial charge in [-0.2, -0.15) is 0 Å². The number of carbonyl (C=O) groups excluding carboxylic acids is 7. The fraction of sp³-hybridized carbons (Fsp3) is 0.558. The molecular formula is C43H65N9O9. The number of amides is 6. The molecule has 2 unspecified atom stereocenters. The summed E-state index contributed by atoms with van der Waals surface area (Å²) in [4.78, 5) is 92.0. The zero-order chi connectivity index (χ0) is 44.7. The highest BCUT2D eigenvalue weighted by Gasteiger charge is 2.23. The van der Waals surface area contributed by atoms with Gasteiger partial charge in [0.25, 0.3) is 0 Å². The smallest absolute Gasteiger partial charge is 0.410 e. The largest absolute Gasteiger partial charge is 0.445 e. The van der Waals surface area contributed by atoms with Crippen LogP contribution in [0.3, 0.4) is 0 Å². The van der Waals surface area contributed by atoms with E-state index in [2.05, 4.69) is 36.8 Å². The number of ether oxygens (including phenoxy) is 2. The third kappa shape index (κ3) is 17.7. The number of carbonyl (C=O) groups is 7. The predicted molar refractivity (Wildman–Crippen MR) is 232 cm³/mol. The van der Waals surface area contributed by atoms with E-state index in [9.17, 15) is 33.6 Å². The van der Waals surface area contributed by atoms with E-state index in [1.54, 1.807) is 49.5 Å². The number of anilines is 2. The van der Waals surface area contributed by atoms with Gasteiger partial charge in [0.05, 0.1) is 25.8 Å². The van der Waals surface area contributed by atoms with E-state index >= 15 is 0 Å². The third-order valence-corrected chi connectivity index (χ3v) is 10.7. The minimum atomic E-state index is -0.740. The molecule has 18 heteroatoms. The standard InChI is InChI=1S/C43H65N9O9/c1-30(2)41(45-5)42(58)46-24-39(56)48-35-13-11-32(12-14-35)28-61-43(59)52(21-23-60-22-20-51-18-16-34(44-4)17-19-51)26-40(57)49-37-9-7-8-33(27-53)36(37)25-50(6)31(3)10-15-38(55)47-29-54/h7-9,11-14,27,29-31,34,41,44-45H,10,15-26,28H2,1-6H3,(H,46,58)(H,48,56)(H,49,57)(H,47,54,55). The van der Waals surface area contributed by atoms with Gasteiger partial charge in [0.1, 0.15) is 19.4 Å². The Kier molecular flexibility index (Phi) is 22.0. The Bertz CT molecular complexity index is 1740. The molecule has 18 nitrogen and oxygen atoms in total. The molecule has 0 spiro atoms. The molecule has 336 valence electrons. The number of benzene rings is 2.